The van der Waals surface area contributed by atoms with E-state index in [9.17, 15) is 4.79 Å². The lowest BCUT2D eigenvalue weighted by Gasteiger charge is -2.26. The highest BCUT2D eigenvalue weighted by Gasteiger charge is 2.21. The van der Waals surface area contributed by atoms with Crippen LogP contribution in [-0.2, 0) is 6.42 Å². The summed E-state index contributed by atoms with van der Waals surface area (Å²) in [4.78, 5) is 11.9. The standard InChI is InChI=1S/C12H19N3O3.ClH/c13-8-1-3-9(4-2-8)14-12(17)11-7-10(5-6-16)18-15-11;/h7-9,16H,1-6,13H2,(H,14,17);1H. The van der Waals surface area contributed by atoms with Crippen molar-refractivity contribution in [3.63, 3.8) is 0 Å². The fourth-order valence-electron chi connectivity index (χ4n) is 2.17. The van der Waals surface area contributed by atoms with Gasteiger partial charge in [0.15, 0.2) is 5.69 Å². The maximum Gasteiger partial charge on any atom is 0.273 e. The van der Waals surface area contributed by atoms with E-state index in [1.54, 1.807) is 6.07 Å². The van der Waals surface area contributed by atoms with Crippen molar-refractivity contribution in [1.82, 2.24) is 10.5 Å². The Morgan fingerprint density at radius 1 is 1.47 bits per heavy atom. The van der Waals surface area contributed by atoms with Crippen molar-refractivity contribution in [2.24, 2.45) is 5.73 Å². The first kappa shape index (κ1) is 15.9. The molecule has 1 saturated carbocycles. The van der Waals surface area contributed by atoms with Gasteiger partial charge in [-0.2, -0.15) is 0 Å². The van der Waals surface area contributed by atoms with E-state index in [2.05, 4.69) is 10.5 Å². The number of nitrogens with one attached hydrogen (secondary N) is 1. The second-order valence-corrected chi connectivity index (χ2v) is 4.74. The summed E-state index contributed by atoms with van der Waals surface area (Å²) in [5, 5.41) is 15.4. The van der Waals surface area contributed by atoms with E-state index in [0.717, 1.165) is 25.7 Å². The Labute approximate surface area is 118 Å². The molecule has 0 aromatic carbocycles. The fraction of sp³-hybridized carbons (Fsp3) is 0.667. The average Bonchev–Trinajstić information content (AvgIpc) is 2.81. The highest BCUT2D eigenvalue weighted by atomic mass is 35.5. The summed E-state index contributed by atoms with van der Waals surface area (Å²) >= 11 is 0. The monoisotopic (exact) mass is 289 g/mol. The van der Waals surface area contributed by atoms with Crippen LogP contribution in [0.4, 0.5) is 0 Å². The summed E-state index contributed by atoms with van der Waals surface area (Å²) in [5.41, 5.74) is 6.08. The van der Waals surface area contributed by atoms with Crippen molar-refractivity contribution in [2.45, 2.75) is 44.2 Å². The summed E-state index contributed by atoms with van der Waals surface area (Å²) in [6.07, 6.45) is 4.08. The molecule has 0 aliphatic heterocycles. The average molecular weight is 290 g/mol. The molecule has 0 atom stereocenters. The van der Waals surface area contributed by atoms with Gasteiger partial charge < -0.3 is 20.7 Å². The van der Waals surface area contributed by atoms with Crippen molar-refractivity contribution < 1.29 is 14.4 Å². The minimum Gasteiger partial charge on any atom is -0.396 e. The molecule has 1 aromatic heterocycles. The normalized spacial score (nSPS) is 22.6. The minimum absolute atomic E-state index is 0. The van der Waals surface area contributed by atoms with Crippen LogP contribution in [0.25, 0.3) is 0 Å². The third-order valence-electron chi connectivity index (χ3n) is 3.26. The number of nitrogens with zero attached hydrogens (tertiary/aromatic N) is 1. The van der Waals surface area contributed by atoms with E-state index in [1.165, 1.54) is 0 Å². The third kappa shape index (κ3) is 4.49. The second kappa shape index (κ2) is 7.47. The Bertz CT molecular complexity index is 403. The lowest BCUT2D eigenvalue weighted by atomic mass is 9.92. The van der Waals surface area contributed by atoms with Crippen molar-refractivity contribution >= 4 is 18.3 Å². The van der Waals surface area contributed by atoms with Gasteiger partial charge in [0.05, 0.1) is 6.61 Å². The first-order valence-corrected chi connectivity index (χ1v) is 6.32. The van der Waals surface area contributed by atoms with Gasteiger partial charge in [-0.1, -0.05) is 5.16 Å². The van der Waals surface area contributed by atoms with Crippen molar-refractivity contribution in [1.29, 1.82) is 0 Å². The predicted octanol–water partition coefficient (Wildman–Crippen LogP) is 0.631. The number of hydrogen-bond acceptors (Lipinski definition) is 5. The zero-order valence-corrected chi connectivity index (χ0v) is 11.5. The molecule has 1 aromatic rings. The van der Waals surface area contributed by atoms with Crippen LogP contribution in [0.3, 0.4) is 0 Å². The third-order valence-corrected chi connectivity index (χ3v) is 3.26. The van der Waals surface area contributed by atoms with Crippen LogP contribution in [-0.4, -0.2) is 34.9 Å². The molecule has 1 amide bonds. The van der Waals surface area contributed by atoms with Crippen molar-refractivity contribution in [3.05, 3.63) is 17.5 Å². The molecule has 0 spiro atoms. The molecule has 108 valence electrons. The number of halogens is 1. The van der Waals surface area contributed by atoms with Crippen LogP contribution in [0.15, 0.2) is 10.6 Å². The van der Waals surface area contributed by atoms with Crippen molar-refractivity contribution in [2.75, 3.05) is 6.61 Å². The highest BCUT2D eigenvalue weighted by molar-refractivity contribution is 5.92. The molecule has 1 aliphatic rings. The summed E-state index contributed by atoms with van der Waals surface area (Å²) in [5.74, 6) is 0.303. The minimum atomic E-state index is -0.219. The summed E-state index contributed by atoms with van der Waals surface area (Å²) in [6, 6.07) is 2.01. The van der Waals surface area contributed by atoms with E-state index in [-0.39, 0.29) is 42.7 Å². The Kier molecular flexibility index (Phi) is 6.27. The Morgan fingerprint density at radius 3 is 2.79 bits per heavy atom. The van der Waals surface area contributed by atoms with E-state index in [1.807, 2.05) is 0 Å². The largest absolute Gasteiger partial charge is 0.396 e. The van der Waals surface area contributed by atoms with Gasteiger partial charge in [0.2, 0.25) is 0 Å². The van der Waals surface area contributed by atoms with E-state index >= 15 is 0 Å². The number of aromatic nitrogens is 1. The molecule has 2 rings (SSSR count). The lowest BCUT2D eigenvalue weighted by molar-refractivity contribution is 0.0916. The van der Waals surface area contributed by atoms with Crippen LogP contribution in [0, 0.1) is 0 Å². The Hall–Kier alpha value is -1.11. The Balaban J connectivity index is 0.00000180. The van der Waals surface area contributed by atoms with Crippen LogP contribution in [0.5, 0.6) is 0 Å². The van der Waals surface area contributed by atoms with Gasteiger partial charge in [0.25, 0.3) is 5.91 Å². The topological polar surface area (TPSA) is 101 Å². The molecular formula is C12H20ClN3O3. The first-order chi connectivity index (χ1) is 8.69. The predicted molar refractivity (Wildman–Crippen MR) is 72.2 cm³/mol. The first-order valence-electron chi connectivity index (χ1n) is 6.32. The van der Waals surface area contributed by atoms with Gasteiger partial charge in [-0.3, -0.25) is 4.79 Å². The number of aliphatic hydroxyl groups is 1. The SMILES string of the molecule is Cl.NC1CCC(NC(=O)c2cc(CCO)on2)CC1. The number of rotatable bonds is 4. The molecule has 1 aliphatic carbocycles. The summed E-state index contributed by atoms with van der Waals surface area (Å²) in [7, 11) is 0. The molecule has 4 N–H and O–H groups in total. The van der Waals surface area contributed by atoms with Crippen LogP contribution in [0.2, 0.25) is 0 Å². The highest BCUT2D eigenvalue weighted by Crippen LogP contribution is 2.17. The van der Waals surface area contributed by atoms with Gasteiger partial charge >= 0.3 is 0 Å². The van der Waals surface area contributed by atoms with Gasteiger partial charge in [0, 0.05) is 24.6 Å². The molecule has 1 heterocycles. The maximum absolute atomic E-state index is 11.9. The molecule has 0 radical (unpaired) electrons. The van der Waals surface area contributed by atoms with E-state index in [0.29, 0.717) is 12.2 Å². The number of nitrogens with two attached hydrogens (primary N) is 1. The van der Waals surface area contributed by atoms with Crippen LogP contribution >= 0.6 is 12.4 Å². The van der Waals surface area contributed by atoms with E-state index < -0.39 is 0 Å². The molecule has 0 unspecified atom stereocenters. The van der Waals surface area contributed by atoms with Gasteiger partial charge in [-0.15, -0.1) is 12.4 Å². The number of hydrogen-bond donors (Lipinski definition) is 3. The summed E-state index contributed by atoms with van der Waals surface area (Å²) in [6.45, 7) is -0.0171. The Morgan fingerprint density at radius 2 is 2.16 bits per heavy atom. The van der Waals surface area contributed by atoms with E-state index in [4.69, 9.17) is 15.4 Å². The van der Waals surface area contributed by atoms with Gasteiger partial charge in [0.1, 0.15) is 5.76 Å². The molecule has 1 fully saturated rings. The molecular weight excluding hydrogens is 270 g/mol. The van der Waals surface area contributed by atoms with Crippen LogP contribution in [0.1, 0.15) is 41.9 Å². The van der Waals surface area contributed by atoms with Gasteiger partial charge in [-0.25, -0.2) is 0 Å². The number of carbonyl (C=O) groups is 1. The zero-order valence-electron chi connectivity index (χ0n) is 10.7. The molecule has 0 bridgehead atoms. The number of carbonyl (C=O) groups excluding carboxylic acids is 1. The smallest absolute Gasteiger partial charge is 0.273 e. The second-order valence-electron chi connectivity index (χ2n) is 4.74. The molecule has 7 heteroatoms. The zero-order chi connectivity index (χ0) is 13.0. The quantitative estimate of drug-likeness (QED) is 0.755. The molecule has 0 saturated heterocycles. The maximum atomic E-state index is 11.9. The molecule has 19 heavy (non-hydrogen) atoms. The van der Waals surface area contributed by atoms with Gasteiger partial charge in [-0.05, 0) is 25.7 Å². The van der Waals surface area contributed by atoms with Crippen molar-refractivity contribution in [3.8, 4) is 0 Å². The van der Waals surface area contributed by atoms with Crippen LogP contribution < -0.4 is 11.1 Å². The lowest BCUT2D eigenvalue weighted by Crippen LogP contribution is -2.40. The summed E-state index contributed by atoms with van der Waals surface area (Å²) < 4.78 is 4.94. The molecule has 6 nitrogen and oxygen atoms in total. The fourth-order valence-corrected chi connectivity index (χ4v) is 2.17. The number of aliphatic hydroxyl groups excluding tert-OH is 1. The number of amides is 1.